The van der Waals surface area contributed by atoms with E-state index in [2.05, 4.69) is 6.58 Å². The van der Waals surface area contributed by atoms with Crippen molar-refractivity contribution >= 4 is 17.9 Å². The van der Waals surface area contributed by atoms with Crippen LogP contribution < -0.4 is 0 Å². The first kappa shape index (κ1) is 20.4. The molecule has 0 radical (unpaired) electrons. The van der Waals surface area contributed by atoms with Gasteiger partial charge < -0.3 is 14.2 Å². The quantitative estimate of drug-likeness (QED) is 0.319. The Hall–Kier alpha value is -2.37. The van der Waals surface area contributed by atoms with Crippen molar-refractivity contribution in [2.45, 2.75) is 72.2 Å². The van der Waals surface area contributed by atoms with Crippen LogP contribution >= 0.6 is 0 Å². The van der Waals surface area contributed by atoms with Gasteiger partial charge in [-0.15, -0.1) is 0 Å². The van der Waals surface area contributed by atoms with E-state index in [0.29, 0.717) is 24.0 Å². The fourth-order valence-corrected chi connectivity index (χ4v) is 4.91. The molecule has 0 N–H and O–H groups in total. The first-order valence-electron chi connectivity index (χ1n) is 9.71. The summed E-state index contributed by atoms with van der Waals surface area (Å²) in [7, 11) is 0. The lowest BCUT2D eigenvalue weighted by Gasteiger charge is -2.51. The summed E-state index contributed by atoms with van der Waals surface area (Å²) in [4.78, 5) is 36.5. The topological polar surface area (TPSA) is 78.9 Å². The summed E-state index contributed by atoms with van der Waals surface area (Å²) in [6.07, 6.45) is 2.14. The van der Waals surface area contributed by atoms with E-state index in [1.54, 1.807) is 19.9 Å². The van der Waals surface area contributed by atoms with E-state index in [0.717, 1.165) is 17.6 Å². The van der Waals surface area contributed by atoms with Gasteiger partial charge in [-0.25, -0.2) is 9.59 Å². The molecule has 0 aromatic rings. The third-order valence-electron chi connectivity index (χ3n) is 6.42. The van der Waals surface area contributed by atoms with Crippen molar-refractivity contribution in [1.29, 1.82) is 0 Å². The molecule has 0 bridgehead atoms. The van der Waals surface area contributed by atoms with Crippen LogP contribution in [0, 0.1) is 11.3 Å². The Morgan fingerprint density at radius 2 is 1.96 bits per heavy atom. The van der Waals surface area contributed by atoms with Gasteiger partial charge >= 0.3 is 17.9 Å². The summed E-state index contributed by atoms with van der Waals surface area (Å²) in [5.74, 6) is -1.66. The van der Waals surface area contributed by atoms with Crippen molar-refractivity contribution in [3.05, 3.63) is 34.9 Å². The van der Waals surface area contributed by atoms with Crippen LogP contribution in [0.4, 0.5) is 0 Å². The van der Waals surface area contributed by atoms with E-state index in [1.807, 2.05) is 13.8 Å². The maximum Gasteiger partial charge on any atom is 0.334 e. The van der Waals surface area contributed by atoms with Crippen molar-refractivity contribution in [1.82, 2.24) is 0 Å². The smallest absolute Gasteiger partial charge is 0.334 e. The maximum atomic E-state index is 12.6. The normalized spacial score (nSPS) is 35.1. The summed E-state index contributed by atoms with van der Waals surface area (Å²) in [6, 6.07) is 0. The second-order valence-corrected chi connectivity index (χ2v) is 8.24. The molecule has 0 amide bonds. The average Bonchev–Trinajstić information content (AvgIpc) is 2.89. The zero-order valence-electron chi connectivity index (χ0n) is 17.2. The van der Waals surface area contributed by atoms with Crippen LogP contribution in [0.1, 0.15) is 53.9 Å². The lowest BCUT2D eigenvalue weighted by Crippen LogP contribution is -2.54. The van der Waals surface area contributed by atoms with Crippen LogP contribution in [-0.4, -0.2) is 36.2 Å². The van der Waals surface area contributed by atoms with Gasteiger partial charge in [-0.2, -0.15) is 0 Å². The second-order valence-electron chi connectivity index (χ2n) is 8.24. The number of carbonyl (C=O) groups excluding carboxylic acids is 3. The van der Waals surface area contributed by atoms with Crippen molar-refractivity contribution in [3.63, 3.8) is 0 Å². The fraction of sp³-hybridized carbons (Fsp3) is 0.591. The van der Waals surface area contributed by atoms with Crippen LogP contribution in [0.15, 0.2) is 34.9 Å². The monoisotopic (exact) mass is 388 g/mol. The Kier molecular flexibility index (Phi) is 5.26. The molecule has 1 aliphatic heterocycles. The van der Waals surface area contributed by atoms with Crippen LogP contribution in [0.3, 0.4) is 0 Å². The molecular weight excluding hydrogens is 360 g/mol. The van der Waals surface area contributed by atoms with Gasteiger partial charge in [-0.3, -0.25) is 4.79 Å². The number of carbonyl (C=O) groups is 3. The lowest BCUT2D eigenvalue weighted by molar-refractivity contribution is -0.165. The number of hydrogen-bond acceptors (Lipinski definition) is 6. The average molecular weight is 388 g/mol. The number of ether oxygens (including phenoxy) is 3. The zero-order chi connectivity index (χ0) is 20.8. The Bertz CT molecular complexity index is 804. The molecule has 2 aliphatic carbocycles. The molecule has 6 heteroatoms. The zero-order valence-corrected chi connectivity index (χ0v) is 17.2. The first-order valence-corrected chi connectivity index (χ1v) is 9.71. The highest BCUT2D eigenvalue weighted by Crippen LogP contribution is 2.56. The predicted molar refractivity (Wildman–Crippen MR) is 102 cm³/mol. The highest BCUT2D eigenvalue weighted by molar-refractivity contribution is 5.92. The Balaban J connectivity index is 2.09. The van der Waals surface area contributed by atoms with Gasteiger partial charge in [0.25, 0.3) is 0 Å². The van der Waals surface area contributed by atoms with Crippen LogP contribution in [0.25, 0.3) is 0 Å². The van der Waals surface area contributed by atoms with Crippen LogP contribution in [-0.2, 0) is 28.6 Å². The SMILES string of the molecule is C=C1C(=O)OC2CC3(C)C(=C(C)CCC3OC(C)=O)C(OC(=O)C(C)=CC)C12. The molecule has 2 fully saturated rings. The minimum atomic E-state index is -0.663. The van der Waals surface area contributed by atoms with Gasteiger partial charge in [0.2, 0.25) is 0 Å². The summed E-state index contributed by atoms with van der Waals surface area (Å²) in [5, 5.41) is 0. The summed E-state index contributed by atoms with van der Waals surface area (Å²) in [5.41, 5.74) is 2.29. The van der Waals surface area contributed by atoms with Crippen molar-refractivity contribution < 1.29 is 28.6 Å². The number of hydrogen-bond donors (Lipinski definition) is 0. The standard InChI is InChI=1S/C22H28O6/c1-7-11(2)20(24)28-19-17-13(4)21(25)27-15(17)10-22(6)16(26-14(5)23)9-8-12(3)18(19)22/h7,15-17,19H,4,8-10H2,1-3,5-6H3. The highest BCUT2D eigenvalue weighted by Gasteiger charge is 2.60. The summed E-state index contributed by atoms with van der Waals surface area (Å²) in [6.45, 7) is 12.8. The van der Waals surface area contributed by atoms with E-state index in [-0.39, 0.29) is 12.1 Å². The largest absolute Gasteiger partial charge is 0.462 e. The van der Waals surface area contributed by atoms with Gasteiger partial charge in [0.1, 0.15) is 18.3 Å². The third-order valence-corrected chi connectivity index (χ3v) is 6.42. The molecule has 6 nitrogen and oxygen atoms in total. The molecule has 0 aromatic heterocycles. The van der Waals surface area contributed by atoms with Gasteiger partial charge in [-0.1, -0.05) is 25.2 Å². The number of esters is 3. The van der Waals surface area contributed by atoms with E-state index < -0.39 is 35.5 Å². The highest BCUT2D eigenvalue weighted by atomic mass is 16.6. The molecule has 0 aromatic carbocycles. The Labute approximate surface area is 165 Å². The molecule has 1 heterocycles. The fourth-order valence-electron chi connectivity index (χ4n) is 4.91. The van der Waals surface area contributed by atoms with Gasteiger partial charge in [0.05, 0.1) is 5.92 Å². The minimum Gasteiger partial charge on any atom is -0.462 e. The third kappa shape index (κ3) is 3.19. The molecule has 3 rings (SSSR count). The molecule has 5 atom stereocenters. The van der Waals surface area contributed by atoms with Crippen molar-refractivity contribution in [2.24, 2.45) is 11.3 Å². The van der Waals surface area contributed by atoms with E-state index >= 15 is 0 Å². The molecule has 0 spiro atoms. The molecule has 152 valence electrons. The van der Waals surface area contributed by atoms with Gasteiger partial charge in [-0.05, 0) is 45.6 Å². The molecule has 5 unspecified atom stereocenters. The first-order chi connectivity index (χ1) is 13.1. The van der Waals surface area contributed by atoms with Crippen LogP contribution in [0.2, 0.25) is 0 Å². The number of allylic oxidation sites excluding steroid dienone is 2. The van der Waals surface area contributed by atoms with Crippen LogP contribution in [0.5, 0.6) is 0 Å². The second kappa shape index (κ2) is 7.22. The summed E-state index contributed by atoms with van der Waals surface area (Å²) >= 11 is 0. The summed E-state index contributed by atoms with van der Waals surface area (Å²) < 4.78 is 17.2. The van der Waals surface area contributed by atoms with Gasteiger partial charge in [0, 0.05) is 23.5 Å². The van der Waals surface area contributed by atoms with E-state index in [4.69, 9.17) is 14.2 Å². The molecule has 1 saturated carbocycles. The maximum absolute atomic E-state index is 12.6. The van der Waals surface area contributed by atoms with E-state index in [1.165, 1.54) is 6.92 Å². The van der Waals surface area contributed by atoms with Crippen molar-refractivity contribution in [3.8, 4) is 0 Å². The molecule has 28 heavy (non-hydrogen) atoms. The van der Waals surface area contributed by atoms with Crippen molar-refractivity contribution in [2.75, 3.05) is 0 Å². The molecule has 1 saturated heterocycles. The number of fused-ring (bicyclic) bond motifs is 2. The predicted octanol–water partition coefficient (Wildman–Crippen LogP) is 3.41. The Morgan fingerprint density at radius 1 is 1.29 bits per heavy atom. The number of rotatable bonds is 3. The molecular formula is C22H28O6. The lowest BCUT2D eigenvalue weighted by atomic mass is 9.57. The Morgan fingerprint density at radius 3 is 2.57 bits per heavy atom. The molecule has 3 aliphatic rings. The minimum absolute atomic E-state index is 0.331. The van der Waals surface area contributed by atoms with Gasteiger partial charge in [0.15, 0.2) is 0 Å². The van der Waals surface area contributed by atoms with E-state index in [9.17, 15) is 14.4 Å².